The van der Waals surface area contributed by atoms with Crippen LogP contribution in [0.15, 0.2) is 52.4 Å². The SMILES string of the molecule is COc1ccc(C(=O)NC(=O)CSc2nc3cc(Cl)ccc3c(=O)n2CCC(C)C)cc1. The maximum atomic E-state index is 13.0. The van der Waals surface area contributed by atoms with Crippen molar-refractivity contribution in [2.24, 2.45) is 5.92 Å². The summed E-state index contributed by atoms with van der Waals surface area (Å²) in [6, 6.07) is 11.4. The van der Waals surface area contributed by atoms with E-state index in [0.29, 0.717) is 44.9 Å². The quantitative estimate of drug-likeness (QED) is 0.390. The van der Waals surface area contributed by atoms with Crippen LogP contribution in [0.5, 0.6) is 5.75 Å². The van der Waals surface area contributed by atoms with Crippen molar-refractivity contribution in [3.63, 3.8) is 0 Å². The molecule has 0 aliphatic carbocycles. The van der Waals surface area contributed by atoms with E-state index in [1.165, 1.54) is 7.11 Å². The molecule has 0 bridgehead atoms. The minimum atomic E-state index is -0.506. The lowest BCUT2D eigenvalue weighted by Gasteiger charge is -2.14. The maximum absolute atomic E-state index is 13.0. The Labute approximate surface area is 195 Å². The van der Waals surface area contributed by atoms with Gasteiger partial charge >= 0.3 is 0 Å². The lowest BCUT2D eigenvalue weighted by molar-refractivity contribution is -0.117. The summed E-state index contributed by atoms with van der Waals surface area (Å²) in [6.45, 7) is 4.63. The molecule has 2 aromatic carbocycles. The van der Waals surface area contributed by atoms with E-state index in [1.54, 1.807) is 47.0 Å². The van der Waals surface area contributed by atoms with Crippen LogP contribution in [0.3, 0.4) is 0 Å². The monoisotopic (exact) mass is 473 g/mol. The average Bonchev–Trinajstić information content (AvgIpc) is 2.76. The van der Waals surface area contributed by atoms with Gasteiger partial charge in [0.05, 0.1) is 23.8 Å². The Morgan fingerprint density at radius 1 is 1.19 bits per heavy atom. The van der Waals surface area contributed by atoms with Crippen LogP contribution in [0, 0.1) is 5.92 Å². The molecule has 0 aliphatic heterocycles. The molecule has 0 aliphatic rings. The van der Waals surface area contributed by atoms with E-state index in [1.807, 2.05) is 0 Å². The molecular formula is C23H24ClN3O4S. The van der Waals surface area contributed by atoms with E-state index in [-0.39, 0.29) is 11.3 Å². The molecule has 0 fully saturated rings. The molecule has 0 saturated heterocycles. The predicted octanol–water partition coefficient (Wildman–Crippen LogP) is 4.15. The first-order chi connectivity index (χ1) is 15.3. The highest BCUT2D eigenvalue weighted by atomic mass is 35.5. The van der Waals surface area contributed by atoms with Gasteiger partial charge in [-0.15, -0.1) is 0 Å². The number of hydrogen-bond donors (Lipinski definition) is 1. The number of aromatic nitrogens is 2. The normalized spacial score (nSPS) is 11.0. The Bertz CT molecular complexity index is 1190. The molecule has 0 atom stereocenters. The molecular weight excluding hydrogens is 450 g/mol. The summed E-state index contributed by atoms with van der Waals surface area (Å²) in [5.41, 5.74) is 0.640. The van der Waals surface area contributed by atoms with Crippen LogP contribution in [-0.4, -0.2) is 34.2 Å². The molecule has 1 aromatic heterocycles. The molecule has 32 heavy (non-hydrogen) atoms. The average molecular weight is 474 g/mol. The van der Waals surface area contributed by atoms with Crippen LogP contribution in [0.25, 0.3) is 10.9 Å². The van der Waals surface area contributed by atoms with Gasteiger partial charge in [0, 0.05) is 17.1 Å². The number of carbonyl (C=O) groups excluding carboxylic acids is 2. The Hall–Kier alpha value is -2.84. The summed E-state index contributed by atoms with van der Waals surface area (Å²) in [6.07, 6.45) is 0.788. The Balaban J connectivity index is 1.77. The molecule has 168 valence electrons. The van der Waals surface area contributed by atoms with Crippen LogP contribution in [0.1, 0.15) is 30.6 Å². The van der Waals surface area contributed by atoms with Gasteiger partial charge in [0.1, 0.15) is 5.75 Å². The van der Waals surface area contributed by atoms with Crippen molar-refractivity contribution in [1.29, 1.82) is 0 Å². The zero-order valence-electron chi connectivity index (χ0n) is 18.1. The summed E-state index contributed by atoms with van der Waals surface area (Å²) in [7, 11) is 1.53. The van der Waals surface area contributed by atoms with Crippen molar-refractivity contribution in [3.8, 4) is 5.75 Å². The van der Waals surface area contributed by atoms with Gasteiger partial charge in [-0.2, -0.15) is 0 Å². The van der Waals surface area contributed by atoms with Gasteiger partial charge in [-0.1, -0.05) is 37.2 Å². The van der Waals surface area contributed by atoms with E-state index in [0.717, 1.165) is 18.2 Å². The second kappa shape index (κ2) is 10.7. The summed E-state index contributed by atoms with van der Waals surface area (Å²) in [5, 5.41) is 3.72. The molecule has 0 saturated carbocycles. The number of benzene rings is 2. The van der Waals surface area contributed by atoms with Crippen molar-refractivity contribution >= 4 is 46.1 Å². The van der Waals surface area contributed by atoms with Crippen LogP contribution < -0.4 is 15.6 Å². The number of rotatable bonds is 8. The number of hydrogen-bond acceptors (Lipinski definition) is 6. The van der Waals surface area contributed by atoms with Crippen molar-refractivity contribution in [1.82, 2.24) is 14.9 Å². The first-order valence-electron chi connectivity index (χ1n) is 10.1. The van der Waals surface area contributed by atoms with Gasteiger partial charge in [0.2, 0.25) is 5.91 Å². The smallest absolute Gasteiger partial charge is 0.262 e. The third-order valence-electron chi connectivity index (χ3n) is 4.75. The van der Waals surface area contributed by atoms with E-state index >= 15 is 0 Å². The highest BCUT2D eigenvalue weighted by Gasteiger charge is 2.16. The van der Waals surface area contributed by atoms with Gasteiger partial charge < -0.3 is 4.74 Å². The fourth-order valence-electron chi connectivity index (χ4n) is 2.98. The first-order valence-corrected chi connectivity index (χ1v) is 11.5. The molecule has 1 N–H and O–H groups in total. The van der Waals surface area contributed by atoms with Crippen molar-refractivity contribution in [2.45, 2.75) is 32.0 Å². The number of imide groups is 1. The van der Waals surface area contributed by atoms with E-state index < -0.39 is 11.8 Å². The van der Waals surface area contributed by atoms with Crippen molar-refractivity contribution in [3.05, 3.63) is 63.4 Å². The number of thioether (sulfide) groups is 1. The Morgan fingerprint density at radius 2 is 1.91 bits per heavy atom. The number of methoxy groups -OCH3 is 1. The largest absolute Gasteiger partial charge is 0.497 e. The second-order valence-electron chi connectivity index (χ2n) is 7.59. The number of amides is 2. The third kappa shape index (κ3) is 5.89. The highest BCUT2D eigenvalue weighted by molar-refractivity contribution is 7.99. The lowest BCUT2D eigenvalue weighted by Crippen LogP contribution is -2.32. The molecule has 3 rings (SSSR count). The second-order valence-corrected chi connectivity index (χ2v) is 8.97. The number of nitrogens with zero attached hydrogens (tertiary/aromatic N) is 2. The predicted molar refractivity (Wildman–Crippen MR) is 127 cm³/mol. The third-order valence-corrected chi connectivity index (χ3v) is 5.96. The van der Waals surface area contributed by atoms with E-state index in [2.05, 4.69) is 24.1 Å². The highest BCUT2D eigenvalue weighted by Crippen LogP contribution is 2.21. The van der Waals surface area contributed by atoms with E-state index in [4.69, 9.17) is 16.3 Å². The molecule has 0 spiro atoms. The van der Waals surface area contributed by atoms with Crippen molar-refractivity contribution < 1.29 is 14.3 Å². The topological polar surface area (TPSA) is 90.3 Å². The number of nitrogens with one attached hydrogen (secondary N) is 1. The number of carbonyl (C=O) groups is 2. The molecule has 1 heterocycles. The lowest BCUT2D eigenvalue weighted by atomic mass is 10.1. The minimum absolute atomic E-state index is 0.0674. The molecule has 3 aromatic rings. The molecule has 0 radical (unpaired) electrons. The zero-order valence-corrected chi connectivity index (χ0v) is 19.6. The zero-order chi connectivity index (χ0) is 23.3. The number of fused-ring (bicyclic) bond motifs is 1. The van der Waals surface area contributed by atoms with Gasteiger partial charge in [-0.05, 0) is 54.8 Å². The minimum Gasteiger partial charge on any atom is -0.497 e. The van der Waals surface area contributed by atoms with Gasteiger partial charge in [-0.25, -0.2) is 4.98 Å². The van der Waals surface area contributed by atoms with Crippen LogP contribution in [-0.2, 0) is 11.3 Å². The molecule has 0 unspecified atom stereocenters. The van der Waals surface area contributed by atoms with E-state index in [9.17, 15) is 14.4 Å². The maximum Gasteiger partial charge on any atom is 0.262 e. The van der Waals surface area contributed by atoms with Gasteiger partial charge in [0.25, 0.3) is 11.5 Å². The summed E-state index contributed by atoms with van der Waals surface area (Å²) in [5.74, 6) is -0.0426. The Morgan fingerprint density at radius 3 is 2.56 bits per heavy atom. The van der Waals surface area contributed by atoms with Crippen LogP contribution in [0.2, 0.25) is 5.02 Å². The fraction of sp³-hybridized carbons (Fsp3) is 0.304. The van der Waals surface area contributed by atoms with Gasteiger partial charge in [-0.3, -0.25) is 24.3 Å². The molecule has 2 amide bonds. The molecule has 9 heteroatoms. The van der Waals surface area contributed by atoms with Crippen molar-refractivity contribution in [2.75, 3.05) is 12.9 Å². The van der Waals surface area contributed by atoms with Crippen LogP contribution in [0.4, 0.5) is 0 Å². The number of halogens is 1. The standard InChI is InChI=1S/C23H24ClN3O4S/c1-14(2)10-11-27-22(30)18-9-6-16(24)12-19(18)25-23(27)32-13-20(28)26-21(29)15-4-7-17(31-3)8-5-15/h4-9,12,14H,10-11,13H2,1-3H3,(H,26,28,29). The first kappa shape index (κ1) is 23.8. The summed E-state index contributed by atoms with van der Waals surface area (Å²) >= 11 is 7.17. The summed E-state index contributed by atoms with van der Waals surface area (Å²) in [4.78, 5) is 42.3. The summed E-state index contributed by atoms with van der Waals surface area (Å²) < 4.78 is 6.65. The van der Waals surface area contributed by atoms with Gasteiger partial charge in [0.15, 0.2) is 5.16 Å². The number of ether oxygens (including phenoxy) is 1. The Kier molecular flexibility index (Phi) is 7.93. The fourth-order valence-corrected chi connectivity index (χ4v) is 3.97. The molecule has 7 nitrogen and oxygen atoms in total. The van der Waals surface area contributed by atoms with Crippen LogP contribution >= 0.6 is 23.4 Å².